The fourth-order valence-corrected chi connectivity index (χ4v) is 1.21. The molecule has 5 nitrogen and oxygen atoms in total. The van der Waals surface area contributed by atoms with Crippen molar-refractivity contribution in [1.29, 1.82) is 0 Å². The third kappa shape index (κ3) is 5.58. The molecule has 0 aromatic heterocycles. The van der Waals surface area contributed by atoms with Crippen molar-refractivity contribution in [2.24, 2.45) is 5.92 Å². The Morgan fingerprint density at radius 1 is 1.38 bits per heavy atom. The smallest absolute Gasteiger partial charge is 0.407 e. The normalized spacial score (nSPS) is 15.1. The lowest BCUT2D eigenvalue weighted by Crippen LogP contribution is -2.44. The summed E-state index contributed by atoms with van der Waals surface area (Å²) in [5.74, 6) is -1.56. The molecule has 0 saturated carbocycles. The second-order valence-corrected chi connectivity index (χ2v) is 4.79. The molecule has 0 fully saturated rings. The van der Waals surface area contributed by atoms with Crippen LogP contribution in [0.4, 0.5) is 4.79 Å². The molecular formula is C11H21NO4. The average Bonchev–Trinajstić information content (AvgIpc) is 2.09. The molecule has 16 heavy (non-hydrogen) atoms. The van der Waals surface area contributed by atoms with Gasteiger partial charge in [-0.2, -0.15) is 0 Å². The van der Waals surface area contributed by atoms with Crippen LogP contribution in [0.3, 0.4) is 0 Å². The molecule has 2 atom stereocenters. The minimum absolute atomic E-state index is 0.410. The minimum Gasteiger partial charge on any atom is -0.481 e. The van der Waals surface area contributed by atoms with Gasteiger partial charge in [0.15, 0.2) is 0 Å². The Kier molecular flexibility index (Phi) is 5.27. The molecule has 1 amide bonds. The number of nitrogens with one attached hydrogen (secondary N) is 1. The number of carbonyl (C=O) groups is 2. The van der Waals surface area contributed by atoms with Crippen LogP contribution in [-0.4, -0.2) is 28.8 Å². The van der Waals surface area contributed by atoms with Crippen molar-refractivity contribution in [3.05, 3.63) is 0 Å². The van der Waals surface area contributed by atoms with Gasteiger partial charge in [0.2, 0.25) is 0 Å². The summed E-state index contributed by atoms with van der Waals surface area (Å²) in [7, 11) is 0. The topological polar surface area (TPSA) is 75.6 Å². The lowest BCUT2D eigenvalue weighted by atomic mass is 10.0. The molecule has 94 valence electrons. The Hall–Kier alpha value is -1.26. The first kappa shape index (κ1) is 14.7. The van der Waals surface area contributed by atoms with Gasteiger partial charge in [-0.3, -0.25) is 4.79 Å². The van der Waals surface area contributed by atoms with Crippen molar-refractivity contribution < 1.29 is 19.4 Å². The predicted molar refractivity (Wildman–Crippen MR) is 60.2 cm³/mol. The highest BCUT2D eigenvalue weighted by Gasteiger charge is 2.25. The van der Waals surface area contributed by atoms with E-state index in [1.165, 1.54) is 0 Å². The van der Waals surface area contributed by atoms with Crippen LogP contribution in [0.15, 0.2) is 0 Å². The van der Waals surface area contributed by atoms with Crippen LogP contribution in [0.2, 0.25) is 0 Å². The van der Waals surface area contributed by atoms with E-state index in [-0.39, 0.29) is 0 Å². The highest BCUT2D eigenvalue weighted by atomic mass is 16.6. The van der Waals surface area contributed by atoms with Gasteiger partial charge in [-0.05, 0) is 34.1 Å². The zero-order chi connectivity index (χ0) is 12.9. The molecule has 0 aliphatic carbocycles. The van der Waals surface area contributed by atoms with E-state index in [1.807, 2.05) is 6.92 Å². The fraction of sp³-hybridized carbons (Fsp3) is 0.818. The molecule has 0 heterocycles. The number of carboxylic acids is 1. The van der Waals surface area contributed by atoms with E-state index >= 15 is 0 Å². The average molecular weight is 231 g/mol. The van der Waals surface area contributed by atoms with Gasteiger partial charge < -0.3 is 15.2 Å². The molecule has 0 aromatic carbocycles. The summed E-state index contributed by atoms with van der Waals surface area (Å²) in [6, 6.07) is -0.410. The highest BCUT2D eigenvalue weighted by molar-refractivity contribution is 5.73. The summed E-state index contributed by atoms with van der Waals surface area (Å²) in [4.78, 5) is 22.2. The highest BCUT2D eigenvalue weighted by Crippen LogP contribution is 2.10. The fourth-order valence-electron chi connectivity index (χ4n) is 1.21. The first-order valence-corrected chi connectivity index (χ1v) is 5.39. The zero-order valence-corrected chi connectivity index (χ0v) is 10.5. The monoisotopic (exact) mass is 231 g/mol. The number of rotatable bonds is 4. The standard InChI is InChI=1S/C11H21NO4/c1-6-8(7(2)9(13)14)12-10(15)16-11(3,4)5/h7-8H,6H2,1-5H3,(H,12,15)(H,13,14). The third-order valence-electron chi connectivity index (χ3n) is 2.14. The predicted octanol–water partition coefficient (Wildman–Crippen LogP) is 2.01. The summed E-state index contributed by atoms with van der Waals surface area (Å²) in [5.41, 5.74) is -0.575. The summed E-state index contributed by atoms with van der Waals surface area (Å²) in [6.07, 6.45) is -0.0281. The molecule has 5 heteroatoms. The quantitative estimate of drug-likeness (QED) is 0.776. The maximum Gasteiger partial charge on any atom is 0.407 e. The number of alkyl carbamates (subject to hydrolysis) is 1. The Morgan fingerprint density at radius 3 is 2.19 bits per heavy atom. The molecule has 0 saturated heterocycles. The van der Waals surface area contributed by atoms with E-state index in [4.69, 9.17) is 9.84 Å². The van der Waals surface area contributed by atoms with E-state index in [0.717, 1.165) is 0 Å². The Labute approximate surface area is 96.2 Å². The number of hydrogen-bond acceptors (Lipinski definition) is 3. The van der Waals surface area contributed by atoms with Crippen LogP contribution in [0.1, 0.15) is 41.0 Å². The van der Waals surface area contributed by atoms with Crippen LogP contribution in [0.5, 0.6) is 0 Å². The molecule has 2 N–H and O–H groups in total. The van der Waals surface area contributed by atoms with Crippen molar-refractivity contribution in [3.8, 4) is 0 Å². The molecule has 0 aromatic rings. The van der Waals surface area contributed by atoms with Crippen molar-refractivity contribution in [3.63, 3.8) is 0 Å². The van der Waals surface area contributed by atoms with E-state index in [2.05, 4.69) is 5.32 Å². The first-order chi connectivity index (χ1) is 7.17. The summed E-state index contributed by atoms with van der Waals surface area (Å²) in [5, 5.41) is 11.4. The molecule has 2 unspecified atom stereocenters. The molecule has 0 radical (unpaired) electrons. The maximum absolute atomic E-state index is 11.4. The number of aliphatic carboxylic acids is 1. The number of carboxylic acid groups (broad SMARTS) is 1. The molecule has 0 bridgehead atoms. The van der Waals surface area contributed by atoms with E-state index in [1.54, 1.807) is 27.7 Å². The third-order valence-corrected chi connectivity index (χ3v) is 2.14. The van der Waals surface area contributed by atoms with Crippen LogP contribution >= 0.6 is 0 Å². The number of amides is 1. The van der Waals surface area contributed by atoms with Crippen molar-refractivity contribution in [2.45, 2.75) is 52.7 Å². The first-order valence-electron chi connectivity index (χ1n) is 5.39. The van der Waals surface area contributed by atoms with E-state index in [9.17, 15) is 9.59 Å². The largest absolute Gasteiger partial charge is 0.481 e. The summed E-state index contributed by atoms with van der Waals surface area (Å²) >= 11 is 0. The van der Waals surface area contributed by atoms with Gasteiger partial charge in [0.25, 0.3) is 0 Å². The zero-order valence-electron chi connectivity index (χ0n) is 10.5. The van der Waals surface area contributed by atoms with Gasteiger partial charge in [-0.25, -0.2) is 4.79 Å². The van der Waals surface area contributed by atoms with E-state index in [0.29, 0.717) is 6.42 Å². The van der Waals surface area contributed by atoms with Gasteiger partial charge in [0.1, 0.15) is 5.60 Å². The van der Waals surface area contributed by atoms with Gasteiger partial charge in [-0.1, -0.05) is 6.92 Å². The molecule has 0 rings (SSSR count). The molecule has 0 aliphatic heterocycles. The molecular weight excluding hydrogens is 210 g/mol. The van der Waals surface area contributed by atoms with Crippen LogP contribution in [0, 0.1) is 5.92 Å². The van der Waals surface area contributed by atoms with Crippen LogP contribution < -0.4 is 5.32 Å². The lowest BCUT2D eigenvalue weighted by molar-refractivity contribution is -0.142. The summed E-state index contributed by atoms with van der Waals surface area (Å²) < 4.78 is 5.06. The van der Waals surface area contributed by atoms with Crippen molar-refractivity contribution >= 4 is 12.1 Å². The van der Waals surface area contributed by atoms with Crippen LogP contribution in [-0.2, 0) is 9.53 Å². The SMILES string of the molecule is CCC(NC(=O)OC(C)(C)C)C(C)C(=O)O. The second kappa shape index (κ2) is 5.72. The molecule has 0 spiro atoms. The number of ether oxygens (including phenoxy) is 1. The van der Waals surface area contributed by atoms with Crippen LogP contribution in [0.25, 0.3) is 0 Å². The lowest BCUT2D eigenvalue weighted by Gasteiger charge is -2.24. The van der Waals surface area contributed by atoms with Crippen molar-refractivity contribution in [2.75, 3.05) is 0 Å². The van der Waals surface area contributed by atoms with Gasteiger partial charge in [0.05, 0.1) is 5.92 Å². The second-order valence-electron chi connectivity index (χ2n) is 4.79. The maximum atomic E-state index is 11.4. The van der Waals surface area contributed by atoms with Gasteiger partial charge >= 0.3 is 12.1 Å². The van der Waals surface area contributed by atoms with Gasteiger partial charge in [-0.15, -0.1) is 0 Å². The van der Waals surface area contributed by atoms with E-state index < -0.39 is 29.6 Å². The number of hydrogen-bond donors (Lipinski definition) is 2. The summed E-state index contributed by atoms with van der Waals surface area (Å²) in [6.45, 7) is 8.66. The Balaban J connectivity index is 4.33. The van der Waals surface area contributed by atoms with Gasteiger partial charge in [0, 0.05) is 6.04 Å². The molecule has 0 aliphatic rings. The number of carbonyl (C=O) groups excluding carboxylic acids is 1. The van der Waals surface area contributed by atoms with Crippen molar-refractivity contribution in [1.82, 2.24) is 5.32 Å². The minimum atomic E-state index is -0.928. The Morgan fingerprint density at radius 2 is 1.88 bits per heavy atom. The Bertz CT molecular complexity index is 257.